The zero-order valence-corrected chi connectivity index (χ0v) is 7.89. The molecule has 2 nitrogen and oxygen atoms in total. The van der Waals surface area contributed by atoms with Crippen molar-refractivity contribution in [2.24, 2.45) is 5.73 Å². The molecule has 0 amide bonds. The molecule has 1 atom stereocenters. The Balaban J connectivity index is 2.23. The Hall–Kier alpha value is -0.900. The third kappa shape index (κ3) is 1.66. The van der Waals surface area contributed by atoms with E-state index in [2.05, 4.69) is 4.98 Å². The van der Waals surface area contributed by atoms with Crippen LogP contribution in [0.4, 0.5) is 8.78 Å². The summed E-state index contributed by atoms with van der Waals surface area (Å²) in [4.78, 5) is 3.01. The second-order valence-corrected chi connectivity index (χ2v) is 3.80. The van der Waals surface area contributed by atoms with E-state index in [1.165, 1.54) is 5.56 Å². The largest absolute Gasteiger partial charge is 0.361 e. The lowest BCUT2D eigenvalue weighted by molar-refractivity contribution is 0.115. The highest BCUT2D eigenvalue weighted by atomic mass is 19.3. The van der Waals surface area contributed by atoms with Crippen molar-refractivity contribution in [1.82, 2.24) is 4.98 Å². The number of hydrogen-bond acceptors (Lipinski definition) is 1. The topological polar surface area (TPSA) is 41.8 Å². The number of aryl methyl sites for hydroxylation is 2. The van der Waals surface area contributed by atoms with Crippen molar-refractivity contribution in [1.29, 1.82) is 0 Å². The molecule has 1 unspecified atom stereocenters. The molecule has 1 aromatic rings. The third-order valence-electron chi connectivity index (χ3n) is 2.77. The molecule has 2 rings (SSSR count). The van der Waals surface area contributed by atoms with E-state index in [0.29, 0.717) is 5.69 Å². The van der Waals surface area contributed by atoms with E-state index in [4.69, 9.17) is 5.73 Å². The lowest BCUT2D eigenvalue weighted by Crippen LogP contribution is -2.19. The summed E-state index contributed by atoms with van der Waals surface area (Å²) in [5, 5.41) is 0. The van der Waals surface area contributed by atoms with Gasteiger partial charge in [-0.2, -0.15) is 0 Å². The minimum absolute atomic E-state index is 0.479. The summed E-state index contributed by atoms with van der Waals surface area (Å²) < 4.78 is 24.7. The van der Waals surface area contributed by atoms with E-state index in [-0.39, 0.29) is 0 Å². The Labute approximate surface area is 81.5 Å². The van der Waals surface area contributed by atoms with Crippen molar-refractivity contribution in [3.63, 3.8) is 0 Å². The number of rotatable bonds is 2. The van der Waals surface area contributed by atoms with E-state index in [1.807, 2.05) is 0 Å². The van der Waals surface area contributed by atoms with Crippen molar-refractivity contribution in [2.45, 2.75) is 38.2 Å². The molecule has 14 heavy (non-hydrogen) atoms. The summed E-state index contributed by atoms with van der Waals surface area (Å²) in [5.41, 5.74) is 8.12. The number of aromatic amines is 1. The number of alkyl halides is 2. The molecule has 0 fully saturated rings. The van der Waals surface area contributed by atoms with Gasteiger partial charge in [-0.3, -0.25) is 0 Å². The summed E-state index contributed by atoms with van der Waals surface area (Å²) in [6.45, 7) is 0. The minimum Gasteiger partial charge on any atom is -0.361 e. The fourth-order valence-electron chi connectivity index (χ4n) is 1.94. The molecular weight excluding hydrogens is 186 g/mol. The Morgan fingerprint density at radius 1 is 1.29 bits per heavy atom. The summed E-state index contributed by atoms with van der Waals surface area (Å²) in [7, 11) is 0. The van der Waals surface area contributed by atoms with E-state index in [9.17, 15) is 8.78 Å². The van der Waals surface area contributed by atoms with Crippen LogP contribution in [0.25, 0.3) is 0 Å². The normalized spacial score (nSPS) is 18.3. The molecule has 0 spiro atoms. The van der Waals surface area contributed by atoms with Crippen molar-refractivity contribution < 1.29 is 8.78 Å². The van der Waals surface area contributed by atoms with Crippen LogP contribution in [0.3, 0.4) is 0 Å². The maximum absolute atomic E-state index is 12.3. The average Bonchev–Trinajstić information content (AvgIpc) is 2.59. The number of fused-ring (bicyclic) bond motifs is 1. The molecule has 0 saturated carbocycles. The first-order chi connectivity index (χ1) is 6.68. The molecule has 0 radical (unpaired) electrons. The predicted molar refractivity (Wildman–Crippen MR) is 50.4 cm³/mol. The number of H-pyrrole nitrogens is 1. The first-order valence-corrected chi connectivity index (χ1v) is 4.93. The van der Waals surface area contributed by atoms with Gasteiger partial charge in [-0.15, -0.1) is 0 Å². The fraction of sp³-hybridized carbons (Fsp3) is 0.600. The number of nitrogens with one attached hydrogen (secondary N) is 1. The highest BCUT2D eigenvalue weighted by Gasteiger charge is 2.21. The second kappa shape index (κ2) is 3.69. The van der Waals surface area contributed by atoms with Gasteiger partial charge < -0.3 is 10.7 Å². The summed E-state index contributed by atoms with van der Waals surface area (Å²) >= 11 is 0. The van der Waals surface area contributed by atoms with Crippen LogP contribution in [0.5, 0.6) is 0 Å². The molecule has 0 bridgehead atoms. The van der Waals surface area contributed by atoms with Crippen LogP contribution < -0.4 is 5.73 Å². The van der Waals surface area contributed by atoms with Gasteiger partial charge in [0.1, 0.15) is 6.04 Å². The lowest BCUT2D eigenvalue weighted by Gasteiger charge is -2.09. The van der Waals surface area contributed by atoms with Gasteiger partial charge in [0.05, 0.1) is 0 Å². The number of nitrogens with two attached hydrogens (primary N) is 1. The minimum atomic E-state index is -2.49. The molecule has 78 valence electrons. The zero-order chi connectivity index (χ0) is 10.1. The maximum Gasteiger partial charge on any atom is 0.259 e. The van der Waals surface area contributed by atoms with E-state index >= 15 is 0 Å². The zero-order valence-electron chi connectivity index (χ0n) is 7.89. The van der Waals surface area contributed by atoms with Crippen LogP contribution >= 0.6 is 0 Å². The highest BCUT2D eigenvalue weighted by Crippen LogP contribution is 2.25. The molecule has 0 saturated heterocycles. The molecular formula is C10H14F2N2. The van der Waals surface area contributed by atoms with Crippen molar-refractivity contribution in [3.8, 4) is 0 Å². The van der Waals surface area contributed by atoms with E-state index in [0.717, 1.165) is 31.4 Å². The van der Waals surface area contributed by atoms with Crippen LogP contribution in [0.2, 0.25) is 0 Å². The highest BCUT2D eigenvalue weighted by molar-refractivity contribution is 5.29. The van der Waals surface area contributed by atoms with Crippen LogP contribution in [0.15, 0.2) is 6.07 Å². The monoisotopic (exact) mass is 200 g/mol. The standard InChI is InChI=1S/C10H14F2N2/c11-10(12)9(13)8-5-6-3-1-2-4-7(6)14-8/h5,9-10,14H,1-4,13H2. The second-order valence-electron chi connectivity index (χ2n) is 3.80. The van der Waals surface area contributed by atoms with Gasteiger partial charge in [0.25, 0.3) is 6.43 Å². The number of aromatic nitrogens is 1. The first kappa shape index (κ1) is 9.65. The summed E-state index contributed by atoms with van der Waals surface area (Å²) in [5.74, 6) is 0. The Bertz CT molecular complexity index is 296. The van der Waals surface area contributed by atoms with Crippen LogP contribution in [0.1, 0.15) is 35.8 Å². The smallest absolute Gasteiger partial charge is 0.259 e. The SMILES string of the molecule is NC(c1cc2c([nH]1)CCCC2)C(F)F. The van der Waals surface area contributed by atoms with Crippen LogP contribution in [0, 0.1) is 0 Å². The van der Waals surface area contributed by atoms with Gasteiger partial charge >= 0.3 is 0 Å². The third-order valence-corrected chi connectivity index (χ3v) is 2.77. The molecule has 4 heteroatoms. The Morgan fingerprint density at radius 3 is 2.64 bits per heavy atom. The quantitative estimate of drug-likeness (QED) is 0.754. The van der Waals surface area contributed by atoms with Crippen molar-refractivity contribution >= 4 is 0 Å². The van der Waals surface area contributed by atoms with Gasteiger partial charge in [0.15, 0.2) is 0 Å². The van der Waals surface area contributed by atoms with Gasteiger partial charge in [-0.05, 0) is 37.3 Å². The molecule has 0 aliphatic heterocycles. The molecule has 3 N–H and O–H groups in total. The fourth-order valence-corrected chi connectivity index (χ4v) is 1.94. The summed E-state index contributed by atoms with van der Waals surface area (Å²) in [6.07, 6.45) is 1.74. The molecule has 1 aromatic heterocycles. The first-order valence-electron chi connectivity index (χ1n) is 4.93. The van der Waals surface area contributed by atoms with Crippen LogP contribution in [-0.2, 0) is 12.8 Å². The van der Waals surface area contributed by atoms with E-state index in [1.54, 1.807) is 6.07 Å². The van der Waals surface area contributed by atoms with Gasteiger partial charge in [-0.25, -0.2) is 8.78 Å². The van der Waals surface area contributed by atoms with Gasteiger partial charge in [-0.1, -0.05) is 0 Å². The van der Waals surface area contributed by atoms with Gasteiger partial charge in [0.2, 0.25) is 0 Å². The van der Waals surface area contributed by atoms with Crippen molar-refractivity contribution in [3.05, 3.63) is 23.0 Å². The van der Waals surface area contributed by atoms with Crippen molar-refractivity contribution in [2.75, 3.05) is 0 Å². The molecule has 0 aromatic carbocycles. The number of halogens is 2. The predicted octanol–water partition coefficient (Wildman–Crippen LogP) is 2.16. The maximum atomic E-state index is 12.3. The Kier molecular flexibility index (Phi) is 2.54. The molecule has 1 aliphatic carbocycles. The molecule has 1 heterocycles. The Morgan fingerprint density at radius 2 is 2.00 bits per heavy atom. The summed E-state index contributed by atoms with van der Waals surface area (Å²) in [6, 6.07) is 0.631. The van der Waals surface area contributed by atoms with Gasteiger partial charge in [0, 0.05) is 11.4 Å². The lowest BCUT2D eigenvalue weighted by atomic mass is 9.98. The number of hydrogen-bond donors (Lipinski definition) is 2. The van der Waals surface area contributed by atoms with E-state index < -0.39 is 12.5 Å². The average molecular weight is 200 g/mol. The van der Waals surface area contributed by atoms with Crippen LogP contribution in [-0.4, -0.2) is 11.4 Å². The molecule has 1 aliphatic rings.